The molecule has 10 nitrogen and oxygen atoms in total. The number of nitrogens with one attached hydrogen (secondary N) is 1. The molecule has 0 saturated heterocycles. The Bertz CT molecular complexity index is 773. The summed E-state index contributed by atoms with van der Waals surface area (Å²) in [6.45, 7) is 3.32. The van der Waals surface area contributed by atoms with Gasteiger partial charge in [0.2, 0.25) is 5.91 Å². The first kappa shape index (κ1) is 41.7. The van der Waals surface area contributed by atoms with E-state index >= 15 is 0 Å². The summed E-state index contributed by atoms with van der Waals surface area (Å²) < 4.78 is 36.3. The molecule has 1 amide bonds. The summed E-state index contributed by atoms with van der Waals surface area (Å²) in [5.74, 6) is -3.37. The van der Waals surface area contributed by atoms with Crippen molar-refractivity contribution in [2.75, 3.05) is 0 Å². The van der Waals surface area contributed by atoms with Crippen LogP contribution in [-0.2, 0) is 29.2 Å². The Morgan fingerprint density at radius 2 is 1.51 bits per heavy atom. The molecular formula is C24H45NNa2O9S. The maximum Gasteiger partial charge on any atom is 1.00 e. The molecule has 0 saturated carbocycles. The number of amides is 1. The van der Waals surface area contributed by atoms with E-state index < -0.39 is 45.9 Å². The number of carbonyl (C=O) groups excluding carboxylic acids is 3. The summed E-state index contributed by atoms with van der Waals surface area (Å²) in [7, 11) is -4.94. The first-order chi connectivity index (χ1) is 16.5. The average molecular weight is 570 g/mol. The smallest absolute Gasteiger partial charge is 1.00 e. The molecule has 0 aromatic rings. The quantitative estimate of drug-likeness (QED) is 0.0234. The molecule has 4 N–H and O–H groups in total. The van der Waals surface area contributed by atoms with Gasteiger partial charge in [0.25, 0.3) is 10.1 Å². The van der Waals surface area contributed by atoms with Crippen molar-refractivity contribution in [3.8, 4) is 0 Å². The molecule has 0 spiro atoms. The summed E-state index contributed by atoms with van der Waals surface area (Å²) in [5, 5.41) is 18.7. The topological polar surface area (TPSA) is 167 Å². The third kappa shape index (κ3) is 24.9. The number of carbonyl (C=O) groups is 3. The molecule has 0 rings (SSSR count). The van der Waals surface area contributed by atoms with E-state index in [1.807, 2.05) is 11.4 Å². The maximum atomic E-state index is 11.8. The van der Waals surface area contributed by atoms with Crippen LogP contribution in [0.15, 0.2) is 12.2 Å². The number of unbranched alkanes of at least 4 members (excludes halogenated alkanes) is 8. The zero-order valence-corrected chi connectivity index (χ0v) is 27.8. The molecule has 0 aromatic carbocycles. The average Bonchev–Trinajstić information content (AvgIpc) is 2.75. The maximum absolute atomic E-state index is 11.8. The molecule has 0 aliphatic carbocycles. The number of hydrogen-bond donors (Lipinski definition) is 4. The monoisotopic (exact) mass is 569 g/mol. The number of rotatable bonds is 20. The van der Waals surface area contributed by atoms with Crippen molar-refractivity contribution >= 4 is 28.0 Å². The van der Waals surface area contributed by atoms with E-state index in [9.17, 15) is 27.9 Å². The van der Waals surface area contributed by atoms with Crippen molar-refractivity contribution in [2.45, 2.75) is 121 Å². The number of hydrogen-bond acceptors (Lipinski definition) is 8. The molecule has 0 radical (unpaired) electrons. The molecular weight excluding hydrogens is 524 g/mol. The van der Waals surface area contributed by atoms with Crippen LogP contribution in [0.25, 0.3) is 0 Å². The van der Waals surface area contributed by atoms with Crippen molar-refractivity contribution in [3.63, 3.8) is 0 Å². The van der Waals surface area contributed by atoms with Crippen LogP contribution in [-0.4, -0.2) is 58.6 Å². The van der Waals surface area contributed by atoms with Crippen LogP contribution < -0.4 is 64.4 Å². The van der Waals surface area contributed by atoms with Gasteiger partial charge in [0.1, 0.15) is 6.23 Å². The minimum Gasteiger partial charge on any atom is -1.00 e. The van der Waals surface area contributed by atoms with E-state index in [1.165, 1.54) is 19.3 Å². The summed E-state index contributed by atoms with van der Waals surface area (Å²) in [6.07, 6.45) is 12.6. The van der Waals surface area contributed by atoms with Gasteiger partial charge in [0, 0.05) is 6.42 Å². The predicted octanol–water partition coefficient (Wildman–Crippen LogP) is -2.60. The Labute approximate surface area is 269 Å². The van der Waals surface area contributed by atoms with E-state index in [4.69, 9.17) is 9.66 Å². The van der Waals surface area contributed by atoms with E-state index in [0.717, 1.165) is 51.9 Å². The Morgan fingerprint density at radius 3 is 2.11 bits per heavy atom. The molecule has 3 atom stereocenters. The van der Waals surface area contributed by atoms with Crippen molar-refractivity contribution in [3.05, 3.63) is 12.2 Å². The van der Waals surface area contributed by atoms with Gasteiger partial charge in [-0.1, -0.05) is 64.0 Å². The van der Waals surface area contributed by atoms with E-state index in [1.54, 1.807) is 0 Å². The molecule has 0 aliphatic rings. The zero-order chi connectivity index (χ0) is 26.7. The van der Waals surface area contributed by atoms with Gasteiger partial charge in [-0.15, -0.1) is 0 Å². The fourth-order valence-electron chi connectivity index (χ4n) is 3.36. The second-order valence-electron chi connectivity index (χ2n) is 8.76. The molecule has 0 bridgehead atoms. The molecule has 208 valence electrons. The predicted molar refractivity (Wildman–Crippen MR) is 134 cm³/mol. The summed E-state index contributed by atoms with van der Waals surface area (Å²) in [4.78, 5) is 35.3. The minimum absolute atomic E-state index is 0. The molecule has 2 unspecified atom stereocenters. The van der Waals surface area contributed by atoms with Gasteiger partial charge in [0.15, 0.2) is 5.25 Å². The van der Waals surface area contributed by atoms with Crippen LogP contribution in [0.5, 0.6) is 0 Å². The van der Waals surface area contributed by atoms with Gasteiger partial charge in [-0.25, -0.2) is 0 Å². The third-order valence-electron chi connectivity index (χ3n) is 5.30. The second kappa shape index (κ2) is 25.2. The van der Waals surface area contributed by atoms with Gasteiger partial charge in [-0.05, 0) is 39.0 Å². The fraction of sp³-hybridized carbons (Fsp3) is 0.792. The van der Waals surface area contributed by atoms with Crippen LogP contribution in [0.1, 0.15) is 107 Å². The number of aliphatic hydroxyl groups excluding tert-OH is 2. The normalized spacial score (nSPS) is 13.6. The van der Waals surface area contributed by atoms with Gasteiger partial charge >= 0.3 is 71.1 Å². The van der Waals surface area contributed by atoms with E-state index in [0.29, 0.717) is 12.8 Å². The van der Waals surface area contributed by atoms with Crippen LogP contribution in [0.2, 0.25) is 0 Å². The standard InChI is InChI=1S/C24H43NO9S.2Na.2H/c1-3-4-5-12-15-20(27)16-13-10-8-6-7-9-11-14-17-22(28)34-23(29)18-21(35(31,32)33)24(30)25-19(2)26;;;;/h10,13,19-21,26-27H,3-9,11-12,14-18H2,1-2H3,(H,25,30)(H,31,32,33);;;;/q;2*+1;2*-1/b13-10-;;;;/t19?,20-,21?;;;;/m1..../s1. The van der Waals surface area contributed by atoms with Crippen molar-refractivity contribution in [2.24, 2.45) is 0 Å². The van der Waals surface area contributed by atoms with Crippen LogP contribution in [0.4, 0.5) is 0 Å². The summed E-state index contributed by atoms with van der Waals surface area (Å²) >= 11 is 0. The largest absolute Gasteiger partial charge is 1.00 e. The van der Waals surface area contributed by atoms with Gasteiger partial charge in [-0.2, -0.15) is 8.42 Å². The molecule has 0 heterocycles. The third-order valence-corrected chi connectivity index (χ3v) is 6.40. The second-order valence-corrected chi connectivity index (χ2v) is 10.4. The Hall–Kier alpha value is 0.180. The molecule has 37 heavy (non-hydrogen) atoms. The molecule has 0 aliphatic heterocycles. The number of aliphatic hydroxyl groups is 2. The van der Waals surface area contributed by atoms with Crippen LogP contribution in [0.3, 0.4) is 0 Å². The Kier molecular flexibility index (Phi) is 28.3. The van der Waals surface area contributed by atoms with Crippen LogP contribution in [0, 0.1) is 0 Å². The molecule has 0 aromatic heterocycles. The fourth-order valence-corrected chi connectivity index (χ4v) is 4.05. The van der Waals surface area contributed by atoms with Crippen LogP contribution >= 0.6 is 0 Å². The minimum atomic E-state index is -4.94. The number of esters is 2. The Morgan fingerprint density at radius 1 is 0.919 bits per heavy atom. The van der Waals surface area contributed by atoms with E-state index in [2.05, 4.69) is 17.7 Å². The zero-order valence-electron chi connectivity index (χ0n) is 25.0. The van der Waals surface area contributed by atoms with Crippen molar-refractivity contribution in [1.82, 2.24) is 5.32 Å². The van der Waals surface area contributed by atoms with Crippen molar-refractivity contribution < 1.29 is 104 Å². The summed E-state index contributed by atoms with van der Waals surface area (Å²) in [6, 6.07) is 0. The first-order valence-electron chi connectivity index (χ1n) is 12.5. The van der Waals surface area contributed by atoms with Crippen molar-refractivity contribution in [1.29, 1.82) is 0 Å². The van der Waals surface area contributed by atoms with Gasteiger partial charge in [0.05, 0.1) is 12.5 Å². The molecule has 0 fully saturated rings. The van der Waals surface area contributed by atoms with Gasteiger partial charge in [-0.3, -0.25) is 18.9 Å². The summed E-state index contributed by atoms with van der Waals surface area (Å²) in [5.41, 5.74) is 0. The van der Waals surface area contributed by atoms with E-state index in [-0.39, 0.29) is 74.5 Å². The molecule has 13 heteroatoms. The van der Waals surface area contributed by atoms with Gasteiger partial charge < -0.3 is 23.1 Å². The first-order valence-corrected chi connectivity index (χ1v) is 14.0. The number of allylic oxidation sites excluding steroid dienone is 1. The number of ether oxygens (including phenoxy) is 1. The SMILES string of the molecule is CCCCCC[C@@H](O)C/C=C\CCCCCCCC(=O)OC(=O)CC(C(=O)NC(C)O)S(=O)(=O)O.[H-].[H-].[Na+].[Na+]. The Balaban J connectivity index is -0.000000963.